The highest BCUT2D eigenvalue weighted by Crippen LogP contribution is 2.12. The molecule has 2 heterocycles. The van der Waals surface area contributed by atoms with Crippen LogP contribution < -0.4 is 10.6 Å². The molecule has 2 saturated heterocycles. The summed E-state index contributed by atoms with van der Waals surface area (Å²) in [6.45, 7) is 9.14. The molecule has 0 aromatic rings. The normalized spacial score (nSPS) is 22.2. The van der Waals surface area contributed by atoms with Gasteiger partial charge in [-0.2, -0.15) is 0 Å². The highest BCUT2D eigenvalue weighted by atomic mass is 16.5. The number of hydrogen-bond donors (Lipinski definition) is 2. The third-order valence-electron chi connectivity index (χ3n) is 4.75. The zero-order chi connectivity index (χ0) is 16.9. The van der Waals surface area contributed by atoms with Crippen molar-refractivity contribution in [2.45, 2.75) is 38.5 Å². The van der Waals surface area contributed by atoms with Crippen molar-refractivity contribution in [3.8, 4) is 0 Å². The largest absolute Gasteiger partial charge is 0.381 e. The van der Waals surface area contributed by atoms with Crippen molar-refractivity contribution in [3.05, 3.63) is 0 Å². The molecule has 2 fully saturated rings. The van der Waals surface area contributed by atoms with Crippen LogP contribution >= 0.6 is 0 Å². The predicted molar refractivity (Wildman–Crippen MR) is 98.6 cm³/mol. The second-order valence-electron chi connectivity index (χ2n) is 6.84. The van der Waals surface area contributed by atoms with Crippen molar-refractivity contribution in [3.63, 3.8) is 0 Å². The van der Waals surface area contributed by atoms with Crippen LogP contribution in [-0.4, -0.2) is 77.1 Å². The number of likely N-dealkylation sites (tertiary alicyclic amines) is 1. The molecule has 6 nitrogen and oxygen atoms in total. The first kappa shape index (κ1) is 19.5. The van der Waals surface area contributed by atoms with Gasteiger partial charge in [-0.15, -0.1) is 0 Å². The highest BCUT2D eigenvalue weighted by molar-refractivity contribution is 5.79. The van der Waals surface area contributed by atoms with Gasteiger partial charge in [-0.25, -0.2) is 0 Å². The molecule has 0 aromatic carbocycles. The smallest absolute Gasteiger partial charge is 0.190 e. The Morgan fingerprint density at radius 2 is 1.96 bits per heavy atom. The molecule has 24 heavy (non-hydrogen) atoms. The van der Waals surface area contributed by atoms with Gasteiger partial charge in [-0.1, -0.05) is 0 Å². The summed E-state index contributed by atoms with van der Waals surface area (Å²) in [4.78, 5) is 6.84. The number of nitrogens with zero attached hydrogens (tertiary/aromatic N) is 2. The van der Waals surface area contributed by atoms with Crippen molar-refractivity contribution >= 4 is 5.96 Å². The SMILES string of the molecule is CN=C(NCCCCN1CCCC1)NCCCOCC1CCOC1. The lowest BCUT2D eigenvalue weighted by molar-refractivity contribution is 0.0888. The first-order chi connectivity index (χ1) is 11.9. The molecular weight excluding hydrogens is 304 g/mol. The van der Waals surface area contributed by atoms with Crippen molar-refractivity contribution in [2.75, 3.05) is 66.2 Å². The van der Waals surface area contributed by atoms with E-state index >= 15 is 0 Å². The van der Waals surface area contributed by atoms with Crippen molar-refractivity contribution in [1.82, 2.24) is 15.5 Å². The van der Waals surface area contributed by atoms with E-state index in [2.05, 4.69) is 20.5 Å². The second-order valence-corrected chi connectivity index (χ2v) is 6.84. The van der Waals surface area contributed by atoms with Crippen molar-refractivity contribution < 1.29 is 9.47 Å². The summed E-state index contributed by atoms with van der Waals surface area (Å²) in [5.74, 6) is 1.51. The molecule has 0 saturated carbocycles. The van der Waals surface area contributed by atoms with Crippen LogP contribution in [0.5, 0.6) is 0 Å². The van der Waals surface area contributed by atoms with Gasteiger partial charge < -0.3 is 25.0 Å². The fourth-order valence-electron chi connectivity index (χ4n) is 3.24. The summed E-state index contributed by atoms with van der Waals surface area (Å²) >= 11 is 0. The van der Waals surface area contributed by atoms with Gasteiger partial charge in [-0.05, 0) is 58.2 Å². The van der Waals surface area contributed by atoms with E-state index < -0.39 is 0 Å². The zero-order valence-electron chi connectivity index (χ0n) is 15.4. The highest BCUT2D eigenvalue weighted by Gasteiger charge is 2.15. The third kappa shape index (κ3) is 8.31. The van der Waals surface area contributed by atoms with E-state index in [-0.39, 0.29) is 0 Å². The average Bonchev–Trinajstić information content (AvgIpc) is 3.29. The monoisotopic (exact) mass is 340 g/mol. The van der Waals surface area contributed by atoms with Gasteiger partial charge in [0, 0.05) is 39.3 Å². The average molecular weight is 341 g/mol. The second kappa shape index (κ2) is 12.5. The van der Waals surface area contributed by atoms with E-state index in [1.54, 1.807) is 0 Å². The molecule has 2 rings (SSSR count). The molecule has 2 aliphatic rings. The molecule has 0 radical (unpaired) electrons. The van der Waals surface area contributed by atoms with Crippen LogP contribution in [0.3, 0.4) is 0 Å². The number of ether oxygens (including phenoxy) is 2. The molecule has 6 heteroatoms. The van der Waals surface area contributed by atoms with Gasteiger partial charge >= 0.3 is 0 Å². The Balaban J connectivity index is 1.38. The lowest BCUT2D eigenvalue weighted by Crippen LogP contribution is -2.38. The number of aliphatic imine (C=N–C) groups is 1. The molecule has 0 amide bonds. The van der Waals surface area contributed by atoms with Crippen LogP contribution in [-0.2, 0) is 9.47 Å². The van der Waals surface area contributed by atoms with Crippen LogP contribution in [0.15, 0.2) is 4.99 Å². The molecule has 0 aliphatic carbocycles. The number of hydrogen-bond acceptors (Lipinski definition) is 4. The van der Waals surface area contributed by atoms with Crippen LogP contribution in [0, 0.1) is 5.92 Å². The lowest BCUT2D eigenvalue weighted by Gasteiger charge is -2.15. The fraction of sp³-hybridized carbons (Fsp3) is 0.944. The van der Waals surface area contributed by atoms with Crippen molar-refractivity contribution in [2.24, 2.45) is 10.9 Å². The molecule has 140 valence electrons. The van der Waals surface area contributed by atoms with Crippen molar-refractivity contribution in [1.29, 1.82) is 0 Å². The number of guanidine groups is 1. The Kier molecular flexibility index (Phi) is 10.1. The Labute approximate surface area is 147 Å². The zero-order valence-corrected chi connectivity index (χ0v) is 15.4. The molecule has 1 unspecified atom stereocenters. The topological polar surface area (TPSA) is 58.1 Å². The summed E-state index contributed by atoms with van der Waals surface area (Å²) in [6, 6.07) is 0. The van der Waals surface area contributed by atoms with Gasteiger partial charge in [0.1, 0.15) is 0 Å². The molecule has 2 N–H and O–H groups in total. The minimum absolute atomic E-state index is 0.605. The molecule has 1 atom stereocenters. The number of unbranched alkanes of at least 4 members (excludes halogenated alkanes) is 1. The summed E-state index contributed by atoms with van der Waals surface area (Å²) in [5.41, 5.74) is 0. The third-order valence-corrected chi connectivity index (χ3v) is 4.75. The summed E-state index contributed by atoms with van der Waals surface area (Å²) < 4.78 is 11.1. The van der Waals surface area contributed by atoms with E-state index in [9.17, 15) is 0 Å². The van der Waals surface area contributed by atoms with E-state index in [4.69, 9.17) is 9.47 Å². The molecule has 2 aliphatic heterocycles. The quantitative estimate of drug-likeness (QED) is 0.339. The van der Waals surface area contributed by atoms with Gasteiger partial charge in [-0.3, -0.25) is 4.99 Å². The number of rotatable bonds is 11. The molecule has 0 bridgehead atoms. The molecular formula is C18H36N4O2. The summed E-state index contributed by atoms with van der Waals surface area (Å²) in [7, 11) is 1.83. The van der Waals surface area contributed by atoms with Crippen LogP contribution in [0.1, 0.15) is 38.5 Å². The van der Waals surface area contributed by atoms with Gasteiger partial charge in [0.2, 0.25) is 0 Å². The van der Waals surface area contributed by atoms with Crippen LogP contribution in [0.4, 0.5) is 0 Å². The Morgan fingerprint density at radius 3 is 2.67 bits per heavy atom. The summed E-state index contributed by atoms with van der Waals surface area (Å²) in [5, 5.41) is 6.75. The summed E-state index contributed by atoms with van der Waals surface area (Å²) in [6.07, 6.45) is 7.38. The first-order valence-corrected chi connectivity index (χ1v) is 9.71. The molecule has 0 spiro atoms. The number of nitrogens with one attached hydrogen (secondary N) is 2. The lowest BCUT2D eigenvalue weighted by atomic mass is 10.1. The Hall–Kier alpha value is -0.850. The van der Waals surface area contributed by atoms with Crippen LogP contribution in [0.2, 0.25) is 0 Å². The fourth-order valence-corrected chi connectivity index (χ4v) is 3.24. The van der Waals surface area contributed by atoms with Crippen LogP contribution in [0.25, 0.3) is 0 Å². The Morgan fingerprint density at radius 1 is 1.17 bits per heavy atom. The maximum absolute atomic E-state index is 5.71. The van der Waals surface area contributed by atoms with Gasteiger partial charge in [0.25, 0.3) is 0 Å². The first-order valence-electron chi connectivity index (χ1n) is 9.71. The van der Waals surface area contributed by atoms with Gasteiger partial charge in [0.05, 0.1) is 13.2 Å². The van der Waals surface area contributed by atoms with E-state index in [0.717, 1.165) is 58.3 Å². The maximum Gasteiger partial charge on any atom is 0.190 e. The minimum atomic E-state index is 0.605. The Bertz CT molecular complexity index is 340. The predicted octanol–water partition coefficient (Wildman–Crippen LogP) is 1.47. The van der Waals surface area contributed by atoms with E-state index in [1.807, 2.05) is 7.05 Å². The minimum Gasteiger partial charge on any atom is -0.381 e. The van der Waals surface area contributed by atoms with Gasteiger partial charge in [0.15, 0.2) is 5.96 Å². The maximum atomic E-state index is 5.71. The van der Waals surface area contributed by atoms with E-state index in [1.165, 1.54) is 45.3 Å². The molecule has 0 aromatic heterocycles. The van der Waals surface area contributed by atoms with E-state index in [0.29, 0.717) is 5.92 Å². The standard InChI is InChI=1S/C18H36N4O2/c1-19-18(20-8-2-3-10-22-11-4-5-12-22)21-9-6-13-23-15-17-7-14-24-16-17/h17H,2-16H2,1H3,(H2,19,20,21).